The number of nitro benzene ring substituents is 1. The maximum atomic E-state index is 12.6. The van der Waals surface area contributed by atoms with Crippen LogP contribution in [0.15, 0.2) is 54.7 Å². The summed E-state index contributed by atoms with van der Waals surface area (Å²) in [6.45, 7) is -1.52. The van der Waals surface area contributed by atoms with Crippen LogP contribution in [0.2, 0.25) is 0 Å². The zero-order valence-corrected chi connectivity index (χ0v) is 15.6. The number of aryl methyl sites for hydroxylation is 1. The molecule has 0 atom stereocenters. The number of para-hydroxylation sites is 2. The Bertz CT molecular complexity index is 1070. The highest BCUT2D eigenvalue weighted by atomic mass is 19.3. The molecule has 1 aromatic heterocycles. The van der Waals surface area contributed by atoms with Gasteiger partial charge in [-0.05, 0) is 36.8 Å². The Balaban J connectivity index is 1.68. The molecule has 1 amide bonds. The molecule has 11 heteroatoms. The summed E-state index contributed by atoms with van der Waals surface area (Å²) >= 11 is 0. The molecule has 3 aromatic rings. The van der Waals surface area contributed by atoms with E-state index in [0.29, 0.717) is 5.56 Å². The first-order valence-electron chi connectivity index (χ1n) is 8.60. The number of anilines is 1. The van der Waals surface area contributed by atoms with Crippen molar-refractivity contribution in [2.45, 2.75) is 20.3 Å². The van der Waals surface area contributed by atoms with Crippen LogP contribution in [0.3, 0.4) is 0 Å². The lowest BCUT2D eigenvalue weighted by Crippen LogP contribution is -2.15. The van der Waals surface area contributed by atoms with E-state index in [1.807, 2.05) is 0 Å². The second-order valence-electron chi connectivity index (χ2n) is 6.07. The highest BCUT2D eigenvalue weighted by Gasteiger charge is 2.17. The van der Waals surface area contributed by atoms with E-state index in [-0.39, 0.29) is 35.3 Å². The Morgan fingerprint density at radius 3 is 2.73 bits per heavy atom. The molecule has 9 nitrogen and oxygen atoms in total. The molecule has 3 rings (SSSR count). The van der Waals surface area contributed by atoms with E-state index >= 15 is 0 Å². The molecule has 156 valence electrons. The fourth-order valence-electron chi connectivity index (χ4n) is 2.53. The van der Waals surface area contributed by atoms with Crippen molar-refractivity contribution < 1.29 is 28.0 Å². The van der Waals surface area contributed by atoms with Crippen LogP contribution in [-0.2, 0) is 6.73 Å². The van der Waals surface area contributed by atoms with Crippen LogP contribution in [0.5, 0.6) is 11.5 Å². The molecule has 0 fully saturated rings. The van der Waals surface area contributed by atoms with Gasteiger partial charge in [0.25, 0.3) is 5.91 Å². The predicted octanol–water partition coefficient (Wildman–Crippen LogP) is 3.99. The number of nitrogens with one attached hydrogen (secondary N) is 1. The van der Waals surface area contributed by atoms with Crippen molar-refractivity contribution in [1.29, 1.82) is 0 Å². The third-order valence-corrected chi connectivity index (χ3v) is 3.89. The number of hydrogen-bond donors (Lipinski definition) is 1. The van der Waals surface area contributed by atoms with Crippen molar-refractivity contribution in [3.63, 3.8) is 0 Å². The monoisotopic (exact) mass is 418 g/mol. The summed E-state index contributed by atoms with van der Waals surface area (Å²) in [5.41, 5.74) is 0.537. The summed E-state index contributed by atoms with van der Waals surface area (Å²) in [6.07, 6.45) is 1.44. The largest absolute Gasteiger partial charge is 0.464 e. The number of nitrogens with zero attached hydrogens (tertiary/aromatic N) is 3. The smallest absolute Gasteiger partial charge is 0.387 e. The maximum absolute atomic E-state index is 12.6. The van der Waals surface area contributed by atoms with Crippen LogP contribution in [0.1, 0.15) is 16.1 Å². The molecule has 0 saturated carbocycles. The van der Waals surface area contributed by atoms with Crippen molar-refractivity contribution in [3.05, 3.63) is 76.1 Å². The van der Waals surface area contributed by atoms with E-state index < -0.39 is 17.4 Å². The van der Waals surface area contributed by atoms with Gasteiger partial charge in [0, 0.05) is 12.3 Å². The normalized spacial score (nSPS) is 10.7. The van der Waals surface area contributed by atoms with E-state index in [1.54, 1.807) is 19.1 Å². The highest BCUT2D eigenvalue weighted by Crippen LogP contribution is 2.28. The van der Waals surface area contributed by atoms with Crippen molar-refractivity contribution in [2.75, 3.05) is 5.32 Å². The minimum absolute atomic E-state index is 0.00951. The van der Waals surface area contributed by atoms with Gasteiger partial charge in [0.15, 0.2) is 18.2 Å². The van der Waals surface area contributed by atoms with E-state index in [2.05, 4.69) is 15.2 Å². The van der Waals surface area contributed by atoms with Gasteiger partial charge in [0.1, 0.15) is 5.75 Å². The molecule has 0 aliphatic heterocycles. The molecule has 0 bridgehead atoms. The van der Waals surface area contributed by atoms with Crippen LogP contribution < -0.4 is 14.8 Å². The van der Waals surface area contributed by atoms with Gasteiger partial charge in [0.2, 0.25) is 0 Å². The van der Waals surface area contributed by atoms with Crippen LogP contribution in [0.25, 0.3) is 0 Å². The number of nitro groups is 1. The van der Waals surface area contributed by atoms with Crippen LogP contribution in [0.4, 0.5) is 20.2 Å². The molecule has 2 aromatic carbocycles. The average molecular weight is 418 g/mol. The molecule has 1 heterocycles. The van der Waals surface area contributed by atoms with Crippen LogP contribution in [-0.4, -0.2) is 27.2 Å². The number of carbonyl (C=O) groups excluding carboxylic acids is 1. The second-order valence-corrected chi connectivity index (χ2v) is 6.07. The fraction of sp³-hybridized carbons (Fsp3) is 0.158. The number of carbonyl (C=O) groups is 1. The third-order valence-electron chi connectivity index (χ3n) is 3.89. The first kappa shape index (κ1) is 20.7. The van der Waals surface area contributed by atoms with Gasteiger partial charge in [-0.25, -0.2) is 4.68 Å². The maximum Gasteiger partial charge on any atom is 0.387 e. The van der Waals surface area contributed by atoms with Gasteiger partial charge in [-0.15, -0.1) is 0 Å². The number of halogens is 2. The summed E-state index contributed by atoms with van der Waals surface area (Å²) in [6, 6.07) is 11.7. The quantitative estimate of drug-likeness (QED) is 0.438. The molecule has 0 aliphatic rings. The number of rotatable bonds is 8. The lowest BCUT2D eigenvalue weighted by molar-refractivity contribution is -0.386. The first-order chi connectivity index (χ1) is 14.3. The lowest BCUT2D eigenvalue weighted by atomic mass is 10.2. The number of amides is 1. The second kappa shape index (κ2) is 8.99. The third kappa shape index (κ3) is 5.07. The molecule has 0 unspecified atom stereocenters. The van der Waals surface area contributed by atoms with E-state index in [1.165, 1.54) is 47.3 Å². The van der Waals surface area contributed by atoms with Gasteiger partial charge in [-0.3, -0.25) is 14.9 Å². The van der Waals surface area contributed by atoms with Gasteiger partial charge < -0.3 is 14.8 Å². The summed E-state index contributed by atoms with van der Waals surface area (Å²) in [7, 11) is 0. The SMILES string of the molecule is Cc1ccc(NC(=O)c2ccn(COc3ccccc3[N+](=O)[O-])n2)c(OC(F)F)c1. The molecule has 30 heavy (non-hydrogen) atoms. The molecule has 0 spiro atoms. The Morgan fingerprint density at radius 1 is 1.23 bits per heavy atom. The minimum atomic E-state index is -3.04. The van der Waals surface area contributed by atoms with Crippen LogP contribution in [0, 0.1) is 17.0 Å². The van der Waals surface area contributed by atoms with Gasteiger partial charge in [0.05, 0.1) is 10.6 Å². The fourth-order valence-corrected chi connectivity index (χ4v) is 2.53. The Hall–Kier alpha value is -4.02. The number of benzene rings is 2. The van der Waals surface area contributed by atoms with E-state index in [0.717, 1.165) is 0 Å². The molecule has 0 aliphatic carbocycles. The lowest BCUT2D eigenvalue weighted by Gasteiger charge is -2.12. The summed E-state index contributed by atoms with van der Waals surface area (Å²) in [5.74, 6) is -0.766. The molecular weight excluding hydrogens is 402 g/mol. The predicted molar refractivity (Wildman–Crippen MR) is 102 cm³/mol. The van der Waals surface area contributed by atoms with Gasteiger partial charge >= 0.3 is 12.3 Å². The summed E-state index contributed by atoms with van der Waals surface area (Å²) < 4.78 is 36.3. The Kier molecular flexibility index (Phi) is 6.20. The number of hydrogen-bond acceptors (Lipinski definition) is 6. The topological polar surface area (TPSA) is 109 Å². The number of ether oxygens (including phenoxy) is 2. The van der Waals surface area contributed by atoms with E-state index in [9.17, 15) is 23.7 Å². The molecule has 1 N–H and O–H groups in total. The Labute approximate surface area is 169 Å². The molecular formula is C19H16F2N4O5. The Morgan fingerprint density at radius 2 is 2.00 bits per heavy atom. The summed E-state index contributed by atoms with van der Waals surface area (Å²) in [5, 5.41) is 17.5. The zero-order valence-electron chi connectivity index (χ0n) is 15.6. The number of aromatic nitrogens is 2. The van der Waals surface area contributed by atoms with Gasteiger partial charge in [-0.1, -0.05) is 18.2 Å². The van der Waals surface area contributed by atoms with E-state index in [4.69, 9.17) is 4.74 Å². The number of alkyl halides is 2. The molecule has 0 saturated heterocycles. The standard InChI is InChI=1S/C19H16F2N4O5/c1-12-6-7-13(17(10-12)30-19(20)21)22-18(26)14-8-9-24(23-14)11-29-16-5-3-2-4-15(16)25(27)28/h2-10,19H,11H2,1H3,(H,22,26). The summed E-state index contributed by atoms with van der Waals surface area (Å²) in [4.78, 5) is 22.8. The van der Waals surface area contributed by atoms with Crippen molar-refractivity contribution >= 4 is 17.3 Å². The van der Waals surface area contributed by atoms with Crippen LogP contribution >= 0.6 is 0 Å². The molecule has 0 radical (unpaired) electrons. The minimum Gasteiger partial charge on any atom is -0.464 e. The van der Waals surface area contributed by atoms with Gasteiger partial charge in [-0.2, -0.15) is 13.9 Å². The van der Waals surface area contributed by atoms with Crippen molar-refractivity contribution in [1.82, 2.24) is 9.78 Å². The average Bonchev–Trinajstić information content (AvgIpc) is 3.17. The van der Waals surface area contributed by atoms with Crippen molar-refractivity contribution in [3.8, 4) is 11.5 Å². The highest BCUT2D eigenvalue weighted by molar-refractivity contribution is 6.03. The van der Waals surface area contributed by atoms with Crippen molar-refractivity contribution in [2.24, 2.45) is 0 Å². The first-order valence-corrected chi connectivity index (χ1v) is 8.60. The zero-order chi connectivity index (χ0) is 21.7.